The van der Waals surface area contributed by atoms with Crippen LogP contribution in [0.5, 0.6) is 0 Å². The van der Waals surface area contributed by atoms with Crippen molar-refractivity contribution in [3.05, 3.63) is 75.9 Å². The number of pyridine rings is 1. The predicted octanol–water partition coefficient (Wildman–Crippen LogP) is 4.95. The molecule has 0 spiro atoms. The summed E-state index contributed by atoms with van der Waals surface area (Å²) in [4.78, 5) is 30.0. The number of halogens is 1. The number of nitrogens with one attached hydrogen (secondary N) is 1. The number of carbonyl (C=O) groups excluding carboxylic acids is 2. The Morgan fingerprint density at radius 1 is 1.15 bits per heavy atom. The second kappa shape index (κ2) is 10.3. The van der Waals surface area contributed by atoms with Gasteiger partial charge in [0.2, 0.25) is 0 Å². The van der Waals surface area contributed by atoms with Crippen molar-refractivity contribution in [3.8, 4) is 6.07 Å². The zero-order valence-electron chi connectivity index (χ0n) is 17.9. The van der Waals surface area contributed by atoms with Crippen LogP contribution in [-0.2, 0) is 16.0 Å². The quantitative estimate of drug-likeness (QED) is 0.416. The summed E-state index contributed by atoms with van der Waals surface area (Å²) in [6.45, 7) is -0.186. The SMILES string of the molecule is N#CCCNC(=O)COC(=O)c1c2c(nc3ccccc13)/C(=C/c1ccccc1Cl)CCC2. The normalized spacial score (nSPS) is 13.9. The Kier molecular flexibility index (Phi) is 7.01. The van der Waals surface area contributed by atoms with E-state index in [1.54, 1.807) is 0 Å². The molecule has 0 unspecified atom stereocenters. The van der Waals surface area contributed by atoms with Crippen LogP contribution in [0.3, 0.4) is 0 Å². The van der Waals surface area contributed by atoms with Crippen molar-refractivity contribution in [2.45, 2.75) is 25.7 Å². The van der Waals surface area contributed by atoms with Gasteiger partial charge in [0.25, 0.3) is 5.91 Å². The number of aromatic nitrogens is 1. The fraction of sp³-hybridized carbons (Fsp3) is 0.231. The number of allylic oxidation sites excluding steroid dienone is 1. The zero-order chi connectivity index (χ0) is 23.2. The van der Waals surface area contributed by atoms with Crippen LogP contribution in [0.4, 0.5) is 0 Å². The van der Waals surface area contributed by atoms with Crippen LogP contribution in [0, 0.1) is 11.3 Å². The number of hydrogen-bond donors (Lipinski definition) is 1. The maximum atomic E-state index is 13.2. The van der Waals surface area contributed by atoms with Gasteiger partial charge in [0, 0.05) is 17.0 Å². The highest BCUT2D eigenvalue weighted by Gasteiger charge is 2.26. The van der Waals surface area contributed by atoms with Crippen LogP contribution in [0.2, 0.25) is 5.02 Å². The van der Waals surface area contributed by atoms with E-state index < -0.39 is 18.5 Å². The van der Waals surface area contributed by atoms with Crippen LogP contribution in [0.15, 0.2) is 48.5 Å². The lowest BCUT2D eigenvalue weighted by atomic mass is 9.86. The monoisotopic (exact) mass is 459 g/mol. The van der Waals surface area contributed by atoms with Gasteiger partial charge in [-0.3, -0.25) is 4.79 Å². The number of carbonyl (C=O) groups is 2. The molecule has 1 aliphatic rings. The summed E-state index contributed by atoms with van der Waals surface area (Å²) in [7, 11) is 0. The molecule has 0 aliphatic heterocycles. The molecule has 6 nitrogen and oxygen atoms in total. The van der Waals surface area contributed by atoms with E-state index in [2.05, 4.69) is 5.32 Å². The second-order valence-corrected chi connectivity index (χ2v) is 8.12. The number of amides is 1. The van der Waals surface area contributed by atoms with Gasteiger partial charge in [-0.1, -0.05) is 48.0 Å². The lowest BCUT2D eigenvalue weighted by Crippen LogP contribution is -2.29. The summed E-state index contributed by atoms with van der Waals surface area (Å²) >= 11 is 6.37. The third-order valence-electron chi connectivity index (χ3n) is 5.50. The molecule has 0 saturated carbocycles. The van der Waals surface area contributed by atoms with E-state index in [-0.39, 0.29) is 13.0 Å². The highest BCUT2D eigenvalue weighted by atomic mass is 35.5. The molecule has 7 heteroatoms. The number of nitriles is 1. The van der Waals surface area contributed by atoms with Crippen LogP contribution in [-0.4, -0.2) is 30.0 Å². The van der Waals surface area contributed by atoms with Crippen LogP contribution >= 0.6 is 11.6 Å². The summed E-state index contributed by atoms with van der Waals surface area (Å²) < 4.78 is 5.37. The Morgan fingerprint density at radius 2 is 1.94 bits per heavy atom. The minimum atomic E-state index is -0.556. The third kappa shape index (κ3) is 5.05. The Bertz CT molecular complexity index is 1290. The molecule has 0 fully saturated rings. The van der Waals surface area contributed by atoms with Crippen LogP contribution in [0.1, 0.15) is 46.4 Å². The molecule has 0 radical (unpaired) electrons. The fourth-order valence-electron chi connectivity index (χ4n) is 4.00. The lowest BCUT2D eigenvalue weighted by Gasteiger charge is -2.22. The molecular formula is C26H22ClN3O3. The fourth-order valence-corrected chi connectivity index (χ4v) is 4.19. The molecule has 0 bridgehead atoms. The van der Waals surface area contributed by atoms with Crippen molar-refractivity contribution in [2.75, 3.05) is 13.2 Å². The van der Waals surface area contributed by atoms with Crippen molar-refractivity contribution in [2.24, 2.45) is 0 Å². The van der Waals surface area contributed by atoms with E-state index >= 15 is 0 Å². The Morgan fingerprint density at radius 3 is 2.76 bits per heavy atom. The van der Waals surface area contributed by atoms with Crippen molar-refractivity contribution >= 4 is 46.0 Å². The topological polar surface area (TPSA) is 92.1 Å². The van der Waals surface area contributed by atoms with E-state index in [1.807, 2.05) is 60.7 Å². The summed E-state index contributed by atoms with van der Waals surface area (Å²) in [6.07, 6.45) is 4.59. The van der Waals surface area contributed by atoms with Crippen LogP contribution in [0.25, 0.3) is 22.6 Å². The first-order valence-electron chi connectivity index (χ1n) is 10.8. The molecular weight excluding hydrogens is 438 g/mol. The Hall–Kier alpha value is -3.69. The summed E-state index contributed by atoms with van der Waals surface area (Å²) in [5, 5.41) is 12.5. The summed E-state index contributed by atoms with van der Waals surface area (Å²) in [5.74, 6) is -0.996. The summed E-state index contributed by atoms with van der Waals surface area (Å²) in [6, 6.07) is 17.0. The van der Waals surface area contributed by atoms with Crippen molar-refractivity contribution in [1.82, 2.24) is 10.3 Å². The first kappa shape index (κ1) is 22.5. The van der Waals surface area contributed by atoms with E-state index in [0.717, 1.165) is 35.2 Å². The molecule has 1 aromatic heterocycles. The maximum absolute atomic E-state index is 13.2. The van der Waals surface area contributed by atoms with E-state index in [9.17, 15) is 9.59 Å². The van der Waals surface area contributed by atoms with Gasteiger partial charge in [0.1, 0.15) is 0 Å². The van der Waals surface area contributed by atoms with Crippen molar-refractivity contribution in [3.63, 3.8) is 0 Å². The number of esters is 1. The van der Waals surface area contributed by atoms with E-state index in [1.165, 1.54) is 0 Å². The first-order chi connectivity index (χ1) is 16.1. The number of para-hydroxylation sites is 1. The molecule has 3 aromatic rings. The number of rotatable bonds is 6. The molecule has 166 valence electrons. The van der Waals surface area contributed by atoms with Gasteiger partial charge in [-0.05, 0) is 54.2 Å². The van der Waals surface area contributed by atoms with Gasteiger partial charge in [0.05, 0.1) is 29.3 Å². The molecule has 2 aromatic carbocycles. The molecule has 0 saturated heterocycles. The number of ether oxygens (including phenoxy) is 1. The minimum absolute atomic E-state index is 0.197. The number of benzene rings is 2. The van der Waals surface area contributed by atoms with Crippen molar-refractivity contribution < 1.29 is 14.3 Å². The average molecular weight is 460 g/mol. The number of hydrogen-bond acceptors (Lipinski definition) is 5. The Labute approximate surface area is 196 Å². The second-order valence-electron chi connectivity index (χ2n) is 7.71. The lowest BCUT2D eigenvalue weighted by molar-refractivity contribution is -0.124. The molecule has 1 aliphatic carbocycles. The van der Waals surface area contributed by atoms with E-state index in [0.29, 0.717) is 27.9 Å². The van der Waals surface area contributed by atoms with Gasteiger partial charge in [-0.25, -0.2) is 9.78 Å². The maximum Gasteiger partial charge on any atom is 0.339 e. The standard InChI is InChI=1S/C26H22ClN3O3/c27-21-11-3-1-7-17(21)15-18-8-5-10-20-24(19-9-2-4-12-22(19)30-25(18)20)26(32)33-16-23(31)29-14-6-13-28/h1-4,7,9,11-12,15H,5-6,8,10,14,16H2,(H,29,31)/b18-15+. The van der Waals surface area contributed by atoms with Gasteiger partial charge in [-0.15, -0.1) is 0 Å². The van der Waals surface area contributed by atoms with Gasteiger partial charge >= 0.3 is 5.97 Å². The average Bonchev–Trinajstić information content (AvgIpc) is 2.83. The van der Waals surface area contributed by atoms with Gasteiger partial charge < -0.3 is 10.1 Å². The molecule has 33 heavy (non-hydrogen) atoms. The molecule has 0 atom stereocenters. The largest absolute Gasteiger partial charge is 0.452 e. The highest BCUT2D eigenvalue weighted by molar-refractivity contribution is 6.32. The number of nitrogens with zero attached hydrogens (tertiary/aromatic N) is 2. The smallest absolute Gasteiger partial charge is 0.339 e. The summed E-state index contributed by atoms with van der Waals surface area (Å²) in [5.41, 5.74) is 4.64. The minimum Gasteiger partial charge on any atom is -0.452 e. The molecule has 4 rings (SSSR count). The zero-order valence-corrected chi connectivity index (χ0v) is 18.7. The van der Waals surface area contributed by atoms with Gasteiger partial charge in [-0.2, -0.15) is 5.26 Å². The molecule has 1 heterocycles. The Balaban J connectivity index is 1.72. The van der Waals surface area contributed by atoms with Crippen molar-refractivity contribution in [1.29, 1.82) is 5.26 Å². The molecule has 1 N–H and O–H groups in total. The van der Waals surface area contributed by atoms with E-state index in [4.69, 9.17) is 26.6 Å². The predicted molar refractivity (Wildman–Crippen MR) is 128 cm³/mol. The third-order valence-corrected chi connectivity index (χ3v) is 5.85. The van der Waals surface area contributed by atoms with Gasteiger partial charge in [0.15, 0.2) is 6.61 Å². The highest BCUT2D eigenvalue weighted by Crippen LogP contribution is 2.37. The first-order valence-corrected chi connectivity index (χ1v) is 11.1. The molecule has 1 amide bonds. The number of fused-ring (bicyclic) bond motifs is 2. The van der Waals surface area contributed by atoms with Crippen LogP contribution < -0.4 is 5.32 Å².